The normalized spacial score (nSPS) is 9.70. The molecule has 0 bridgehead atoms. The van der Waals surface area contributed by atoms with Crippen LogP contribution in [0.1, 0.15) is 36.7 Å². The fourth-order valence-corrected chi connectivity index (χ4v) is 1.86. The van der Waals surface area contributed by atoms with Gasteiger partial charge in [0, 0.05) is 11.1 Å². The van der Waals surface area contributed by atoms with E-state index in [4.69, 9.17) is 11.6 Å². The Balaban J connectivity index is 0.000000956. The van der Waals surface area contributed by atoms with E-state index in [1.807, 2.05) is 13.8 Å². The zero-order valence-electron chi connectivity index (χ0n) is 12.0. The average molecular weight is 294 g/mol. The van der Waals surface area contributed by atoms with Crippen LogP contribution in [0.4, 0.5) is 4.39 Å². The lowest BCUT2D eigenvalue weighted by atomic mass is 10.1. The Morgan fingerprint density at radius 3 is 2.40 bits per heavy atom. The van der Waals surface area contributed by atoms with E-state index in [0.717, 1.165) is 5.56 Å². The first kappa shape index (κ1) is 16.3. The molecule has 1 aromatic heterocycles. The standard InChI is InChI=1S/C14H11ClFNO.C2H6/c1-8-5-10(3-4-12(8)16)13-6-11(9(2)18)7-14(15)17-13;1-2/h3-7H,1-2H3;1-2H3. The molecule has 0 N–H and O–H groups in total. The summed E-state index contributed by atoms with van der Waals surface area (Å²) in [6.45, 7) is 7.14. The van der Waals surface area contributed by atoms with Crippen LogP contribution in [0.2, 0.25) is 5.15 Å². The minimum absolute atomic E-state index is 0.0839. The van der Waals surface area contributed by atoms with Gasteiger partial charge in [0.05, 0.1) is 5.69 Å². The summed E-state index contributed by atoms with van der Waals surface area (Å²) in [6, 6.07) is 7.84. The number of Topliss-reactive ketones (excluding diaryl/α,β-unsaturated/α-hetero) is 1. The Kier molecular flexibility index (Phi) is 5.83. The van der Waals surface area contributed by atoms with E-state index < -0.39 is 0 Å². The van der Waals surface area contributed by atoms with Gasteiger partial charge in [0.15, 0.2) is 5.78 Å². The number of halogens is 2. The Hall–Kier alpha value is -1.74. The predicted molar refractivity (Wildman–Crippen MR) is 80.7 cm³/mol. The zero-order valence-corrected chi connectivity index (χ0v) is 12.8. The summed E-state index contributed by atoms with van der Waals surface area (Å²) in [4.78, 5) is 15.5. The number of aryl methyl sites for hydroxylation is 1. The van der Waals surface area contributed by atoms with Crippen molar-refractivity contribution in [1.29, 1.82) is 0 Å². The molecule has 0 aliphatic carbocycles. The molecule has 0 saturated heterocycles. The molecule has 0 atom stereocenters. The first-order chi connectivity index (χ1) is 9.47. The molecule has 0 unspecified atom stereocenters. The summed E-state index contributed by atoms with van der Waals surface area (Å²) in [6.07, 6.45) is 0. The molecule has 0 spiro atoms. The van der Waals surface area contributed by atoms with Crippen molar-refractivity contribution in [3.63, 3.8) is 0 Å². The number of ketones is 1. The largest absolute Gasteiger partial charge is 0.295 e. The van der Waals surface area contributed by atoms with Crippen LogP contribution in [0.25, 0.3) is 11.3 Å². The number of nitrogens with zero attached hydrogens (tertiary/aromatic N) is 1. The van der Waals surface area contributed by atoms with Crippen molar-refractivity contribution < 1.29 is 9.18 Å². The smallest absolute Gasteiger partial charge is 0.159 e. The second kappa shape index (κ2) is 7.15. The highest BCUT2D eigenvalue weighted by molar-refractivity contribution is 6.29. The molecule has 0 amide bonds. The summed E-state index contributed by atoms with van der Waals surface area (Å²) in [5.74, 6) is -0.355. The molecule has 0 fully saturated rings. The van der Waals surface area contributed by atoms with Gasteiger partial charge in [-0.3, -0.25) is 4.79 Å². The van der Waals surface area contributed by atoms with Gasteiger partial charge in [0.1, 0.15) is 11.0 Å². The van der Waals surface area contributed by atoms with Crippen molar-refractivity contribution in [2.24, 2.45) is 0 Å². The van der Waals surface area contributed by atoms with Crippen LogP contribution >= 0.6 is 11.6 Å². The molecule has 0 radical (unpaired) electrons. The zero-order chi connectivity index (χ0) is 15.3. The summed E-state index contributed by atoms with van der Waals surface area (Å²) in [5.41, 5.74) is 2.32. The molecular formula is C16H17ClFNO. The lowest BCUT2D eigenvalue weighted by Gasteiger charge is -2.05. The first-order valence-corrected chi connectivity index (χ1v) is 6.80. The fourth-order valence-electron chi connectivity index (χ4n) is 1.65. The van der Waals surface area contributed by atoms with Crippen LogP contribution in [0.3, 0.4) is 0 Å². The van der Waals surface area contributed by atoms with Crippen molar-refractivity contribution in [2.45, 2.75) is 27.7 Å². The number of aromatic nitrogens is 1. The SMILES string of the molecule is CC.CC(=O)c1cc(Cl)nc(-c2ccc(F)c(C)c2)c1. The Bertz CT molecular complexity index is 626. The highest BCUT2D eigenvalue weighted by atomic mass is 35.5. The van der Waals surface area contributed by atoms with Crippen LogP contribution in [-0.2, 0) is 0 Å². The summed E-state index contributed by atoms with van der Waals surface area (Å²) in [5, 5.41) is 0.250. The summed E-state index contributed by atoms with van der Waals surface area (Å²) >= 11 is 5.88. The maximum absolute atomic E-state index is 13.2. The molecule has 0 aliphatic rings. The fraction of sp³-hybridized carbons (Fsp3) is 0.250. The van der Waals surface area contributed by atoms with Crippen molar-refractivity contribution in [2.75, 3.05) is 0 Å². The summed E-state index contributed by atoms with van der Waals surface area (Å²) in [7, 11) is 0. The number of rotatable bonds is 2. The van der Waals surface area contributed by atoms with Gasteiger partial charge in [-0.25, -0.2) is 9.37 Å². The first-order valence-electron chi connectivity index (χ1n) is 6.42. The number of benzene rings is 1. The Morgan fingerprint density at radius 1 is 1.20 bits per heavy atom. The number of hydrogen-bond acceptors (Lipinski definition) is 2. The number of hydrogen-bond donors (Lipinski definition) is 0. The van der Waals surface area contributed by atoms with Crippen LogP contribution in [-0.4, -0.2) is 10.8 Å². The molecule has 106 valence electrons. The molecule has 1 aromatic carbocycles. The van der Waals surface area contributed by atoms with Crippen molar-refractivity contribution in [3.05, 3.63) is 52.4 Å². The average Bonchev–Trinajstić information content (AvgIpc) is 2.43. The highest BCUT2D eigenvalue weighted by Crippen LogP contribution is 2.23. The van der Waals surface area contributed by atoms with Crippen molar-refractivity contribution >= 4 is 17.4 Å². The van der Waals surface area contributed by atoms with Gasteiger partial charge in [-0.15, -0.1) is 0 Å². The van der Waals surface area contributed by atoms with E-state index >= 15 is 0 Å². The highest BCUT2D eigenvalue weighted by Gasteiger charge is 2.08. The van der Waals surface area contributed by atoms with Gasteiger partial charge < -0.3 is 0 Å². The monoisotopic (exact) mass is 293 g/mol. The third-order valence-corrected chi connectivity index (χ3v) is 2.85. The van der Waals surface area contributed by atoms with E-state index in [9.17, 15) is 9.18 Å². The van der Waals surface area contributed by atoms with Gasteiger partial charge in [-0.2, -0.15) is 0 Å². The molecule has 20 heavy (non-hydrogen) atoms. The van der Waals surface area contributed by atoms with Crippen LogP contribution in [0, 0.1) is 12.7 Å². The molecule has 2 nitrogen and oxygen atoms in total. The van der Waals surface area contributed by atoms with Crippen molar-refractivity contribution in [3.8, 4) is 11.3 Å². The van der Waals surface area contributed by atoms with Crippen LogP contribution in [0.5, 0.6) is 0 Å². The van der Waals surface area contributed by atoms with Gasteiger partial charge in [-0.05, 0) is 49.7 Å². The minimum atomic E-state index is -0.271. The maximum Gasteiger partial charge on any atom is 0.159 e. The van der Waals surface area contributed by atoms with Gasteiger partial charge in [0.2, 0.25) is 0 Å². The predicted octanol–water partition coefficient (Wildman–Crippen LogP) is 5.08. The van der Waals surface area contributed by atoms with E-state index in [1.165, 1.54) is 19.1 Å². The second-order valence-electron chi connectivity index (χ2n) is 4.08. The summed E-state index contributed by atoms with van der Waals surface area (Å²) < 4.78 is 13.2. The van der Waals surface area contributed by atoms with E-state index in [2.05, 4.69) is 4.98 Å². The van der Waals surface area contributed by atoms with Crippen LogP contribution < -0.4 is 0 Å². The molecule has 4 heteroatoms. The maximum atomic E-state index is 13.2. The third kappa shape index (κ3) is 3.87. The molecule has 0 aliphatic heterocycles. The third-order valence-electron chi connectivity index (χ3n) is 2.65. The van der Waals surface area contributed by atoms with E-state index in [-0.39, 0.29) is 16.8 Å². The van der Waals surface area contributed by atoms with E-state index in [1.54, 1.807) is 25.1 Å². The van der Waals surface area contributed by atoms with Gasteiger partial charge >= 0.3 is 0 Å². The molecule has 1 heterocycles. The number of pyridine rings is 1. The van der Waals surface area contributed by atoms with Crippen LogP contribution in [0.15, 0.2) is 30.3 Å². The number of carbonyl (C=O) groups excluding carboxylic acids is 1. The van der Waals surface area contributed by atoms with Crippen molar-refractivity contribution in [1.82, 2.24) is 4.98 Å². The molecule has 0 saturated carbocycles. The number of carbonyl (C=O) groups is 1. The van der Waals surface area contributed by atoms with E-state index in [0.29, 0.717) is 16.8 Å². The lowest BCUT2D eigenvalue weighted by molar-refractivity contribution is 0.101. The lowest BCUT2D eigenvalue weighted by Crippen LogP contribution is -1.95. The Labute approximate surface area is 123 Å². The Morgan fingerprint density at radius 2 is 1.85 bits per heavy atom. The van der Waals surface area contributed by atoms with Gasteiger partial charge in [0.25, 0.3) is 0 Å². The molecule has 2 aromatic rings. The second-order valence-corrected chi connectivity index (χ2v) is 4.47. The quantitative estimate of drug-likeness (QED) is 0.571. The topological polar surface area (TPSA) is 30.0 Å². The minimum Gasteiger partial charge on any atom is -0.295 e. The molecule has 2 rings (SSSR count). The molecular weight excluding hydrogens is 277 g/mol. The van der Waals surface area contributed by atoms with Gasteiger partial charge in [-0.1, -0.05) is 25.4 Å².